The summed E-state index contributed by atoms with van der Waals surface area (Å²) >= 11 is 0. The molecule has 0 saturated heterocycles. The van der Waals surface area contributed by atoms with E-state index in [1.807, 2.05) is 0 Å². The second-order valence-corrected chi connectivity index (χ2v) is 9.28. The van der Waals surface area contributed by atoms with Gasteiger partial charge >= 0.3 is 0 Å². The Morgan fingerprint density at radius 1 is 0.500 bits per heavy atom. The topological polar surface area (TPSA) is 0 Å². The monoisotopic (exact) mass is 328 g/mol. The molecule has 0 amide bonds. The zero-order valence-corrected chi connectivity index (χ0v) is 16.3. The van der Waals surface area contributed by atoms with Gasteiger partial charge in [0.2, 0.25) is 0 Å². The second-order valence-electron chi connectivity index (χ2n) is 9.28. The van der Waals surface area contributed by atoms with E-state index in [1.54, 1.807) is 0 Å². The zero-order chi connectivity index (χ0) is 16.8. The highest BCUT2D eigenvalue weighted by molar-refractivity contribution is 4.98. The van der Waals surface area contributed by atoms with Gasteiger partial charge in [-0.05, 0) is 107 Å². The van der Waals surface area contributed by atoms with E-state index in [0.717, 1.165) is 35.5 Å². The Balaban J connectivity index is 1.36. The SMILES string of the molecule is C/C=C/C1CCC(/C=C/C2CCC(C3CCC(C)CC3)CC2)CC1. The molecule has 0 nitrogen and oxygen atoms in total. The zero-order valence-electron chi connectivity index (χ0n) is 16.3. The lowest BCUT2D eigenvalue weighted by atomic mass is 9.69. The molecule has 0 aromatic heterocycles. The Bertz CT molecular complexity index is 394. The van der Waals surface area contributed by atoms with Crippen LogP contribution in [0.1, 0.15) is 90.9 Å². The average Bonchev–Trinajstić information content (AvgIpc) is 2.63. The Morgan fingerprint density at radius 2 is 0.875 bits per heavy atom. The van der Waals surface area contributed by atoms with Crippen LogP contribution in [0.4, 0.5) is 0 Å². The summed E-state index contributed by atoms with van der Waals surface area (Å²) in [6.07, 6.45) is 27.6. The van der Waals surface area contributed by atoms with E-state index in [2.05, 4.69) is 38.2 Å². The summed E-state index contributed by atoms with van der Waals surface area (Å²) in [6, 6.07) is 0. The largest absolute Gasteiger partial charge is 0.0914 e. The van der Waals surface area contributed by atoms with Crippen LogP contribution < -0.4 is 0 Å². The van der Waals surface area contributed by atoms with Crippen LogP contribution in [0.5, 0.6) is 0 Å². The lowest BCUT2D eigenvalue weighted by Gasteiger charge is -2.36. The molecule has 0 aromatic rings. The van der Waals surface area contributed by atoms with Crippen LogP contribution in [0.15, 0.2) is 24.3 Å². The summed E-state index contributed by atoms with van der Waals surface area (Å²) < 4.78 is 0. The molecule has 3 fully saturated rings. The van der Waals surface area contributed by atoms with Crippen molar-refractivity contribution in [3.63, 3.8) is 0 Å². The van der Waals surface area contributed by atoms with Crippen molar-refractivity contribution in [3.8, 4) is 0 Å². The summed E-state index contributed by atoms with van der Waals surface area (Å²) in [7, 11) is 0. The molecule has 3 aliphatic rings. The van der Waals surface area contributed by atoms with Crippen molar-refractivity contribution >= 4 is 0 Å². The quantitative estimate of drug-likeness (QED) is 0.467. The van der Waals surface area contributed by atoms with Gasteiger partial charge in [-0.2, -0.15) is 0 Å². The Kier molecular flexibility index (Phi) is 7.05. The van der Waals surface area contributed by atoms with Crippen molar-refractivity contribution in [1.82, 2.24) is 0 Å². The van der Waals surface area contributed by atoms with Crippen LogP contribution in [0.25, 0.3) is 0 Å². The molecule has 24 heavy (non-hydrogen) atoms. The van der Waals surface area contributed by atoms with Gasteiger partial charge in [-0.25, -0.2) is 0 Å². The molecule has 0 radical (unpaired) electrons. The first-order chi connectivity index (χ1) is 11.7. The third-order valence-corrected chi connectivity index (χ3v) is 7.48. The molecule has 0 heteroatoms. The van der Waals surface area contributed by atoms with Crippen molar-refractivity contribution in [2.45, 2.75) is 90.9 Å². The smallest absolute Gasteiger partial charge is 0.0233 e. The normalized spacial score (nSPS) is 41.9. The van der Waals surface area contributed by atoms with E-state index in [4.69, 9.17) is 0 Å². The van der Waals surface area contributed by atoms with Gasteiger partial charge < -0.3 is 0 Å². The highest BCUT2D eigenvalue weighted by Gasteiger charge is 2.29. The van der Waals surface area contributed by atoms with E-state index in [-0.39, 0.29) is 0 Å². The highest BCUT2D eigenvalue weighted by atomic mass is 14.3. The molecule has 136 valence electrons. The van der Waals surface area contributed by atoms with Crippen molar-refractivity contribution in [1.29, 1.82) is 0 Å². The minimum Gasteiger partial charge on any atom is -0.0914 e. The Morgan fingerprint density at radius 3 is 1.33 bits per heavy atom. The lowest BCUT2D eigenvalue weighted by Crippen LogP contribution is -2.24. The molecular formula is C24H40. The van der Waals surface area contributed by atoms with Gasteiger partial charge in [0.25, 0.3) is 0 Å². The standard InChI is InChI=1S/C24H40/c1-3-4-20-7-9-21(10-8-20)11-12-22-13-17-24(18-14-22)23-15-5-19(2)6-16-23/h3-4,11-12,19-24H,5-10,13-18H2,1-2H3/b4-3+,12-11+. The molecular weight excluding hydrogens is 288 g/mol. The molecule has 0 bridgehead atoms. The van der Waals surface area contributed by atoms with Gasteiger partial charge in [0.15, 0.2) is 0 Å². The molecule has 0 spiro atoms. The number of hydrogen-bond acceptors (Lipinski definition) is 0. The first-order valence-electron chi connectivity index (χ1n) is 11.1. The Labute approximate surface area is 151 Å². The third kappa shape index (κ3) is 5.24. The maximum atomic E-state index is 2.62. The molecule has 3 aliphatic carbocycles. The fraction of sp³-hybridized carbons (Fsp3) is 0.833. The van der Waals surface area contributed by atoms with E-state index < -0.39 is 0 Å². The Hall–Kier alpha value is -0.520. The minimum atomic E-state index is 0.869. The van der Waals surface area contributed by atoms with E-state index in [1.165, 1.54) is 77.0 Å². The fourth-order valence-electron chi connectivity index (χ4n) is 5.68. The summed E-state index contributed by atoms with van der Waals surface area (Å²) in [5.41, 5.74) is 0. The minimum absolute atomic E-state index is 0.869. The van der Waals surface area contributed by atoms with E-state index >= 15 is 0 Å². The van der Waals surface area contributed by atoms with Crippen molar-refractivity contribution in [2.75, 3.05) is 0 Å². The van der Waals surface area contributed by atoms with E-state index in [9.17, 15) is 0 Å². The van der Waals surface area contributed by atoms with Gasteiger partial charge in [0.1, 0.15) is 0 Å². The summed E-state index contributed by atoms with van der Waals surface area (Å²) in [4.78, 5) is 0. The van der Waals surface area contributed by atoms with E-state index in [0.29, 0.717) is 0 Å². The predicted octanol–water partition coefficient (Wildman–Crippen LogP) is 7.56. The second kappa shape index (κ2) is 9.25. The molecule has 0 unspecified atom stereocenters. The summed E-state index contributed by atoms with van der Waals surface area (Å²) in [6.45, 7) is 4.61. The predicted molar refractivity (Wildman–Crippen MR) is 106 cm³/mol. The third-order valence-electron chi connectivity index (χ3n) is 7.48. The van der Waals surface area contributed by atoms with Crippen LogP contribution in [-0.4, -0.2) is 0 Å². The summed E-state index contributed by atoms with van der Waals surface area (Å²) in [5.74, 6) is 5.80. The molecule has 0 atom stereocenters. The molecule has 3 saturated carbocycles. The fourth-order valence-corrected chi connectivity index (χ4v) is 5.68. The number of allylic oxidation sites excluding steroid dienone is 4. The van der Waals surface area contributed by atoms with Gasteiger partial charge in [-0.3, -0.25) is 0 Å². The molecule has 0 N–H and O–H groups in total. The van der Waals surface area contributed by atoms with Crippen LogP contribution in [0, 0.1) is 35.5 Å². The lowest BCUT2D eigenvalue weighted by molar-refractivity contribution is 0.160. The van der Waals surface area contributed by atoms with Crippen LogP contribution in [0.3, 0.4) is 0 Å². The van der Waals surface area contributed by atoms with Crippen LogP contribution >= 0.6 is 0 Å². The number of rotatable bonds is 4. The summed E-state index contributed by atoms with van der Waals surface area (Å²) in [5, 5.41) is 0. The maximum absolute atomic E-state index is 2.62. The number of hydrogen-bond donors (Lipinski definition) is 0. The molecule has 0 heterocycles. The maximum Gasteiger partial charge on any atom is -0.0233 e. The van der Waals surface area contributed by atoms with Gasteiger partial charge in [-0.1, -0.05) is 44.1 Å². The van der Waals surface area contributed by atoms with Crippen molar-refractivity contribution in [2.24, 2.45) is 35.5 Å². The molecule has 0 aliphatic heterocycles. The highest BCUT2D eigenvalue weighted by Crippen LogP contribution is 2.41. The van der Waals surface area contributed by atoms with Crippen molar-refractivity contribution < 1.29 is 0 Å². The molecule has 0 aromatic carbocycles. The van der Waals surface area contributed by atoms with Gasteiger partial charge in [0.05, 0.1) is 0 Å². The van der Waals surface area contributed by atoms with Crippen LogP contribution in [-0.2, 0) is 0 Å². The average molecular weight is 329 g/mol. The van der Waals surface area contributed by atoms with Gasteiger partial charge in [0, 0.05) is 0 Å². The van der Waals surface area contributed by atoms with Crippen LogP contribution in [0.2, 0.25) is 0 Å². The first-order valence-corrected chi connectivity index (χ1v) is 11.1. The first kappa shape index (κ1) is 18.3. The van der Waals surface area contributed by atoms with Crippen molar-refractivity contribution in [3.05, 3.63) is 24.3 Å². The molecule has 3 rings (SSSR count). The van der Waals surface area contributed by atoms with Gasteiger partial charge in [-0.15, -0.1) is 0 Å².